The zero-order chi connectivity index (χ0) is 18.3. The molecular formula is C13H15NO7S3. The maximum atomic E-state index is 12.0. The van der Waals surface area contributed by atoms with Crippen LogP contribution >= 0.6 is 0 Å². The Bertz CT molecular complexity index is 1070. The van der Waals surface area contributed by atoms with Gasteiger partial charge >= 0.3 is 10.1 Å². The molecule has 11 heteroatoms. The lowest BCUT2D eigenvalue weighted by Crippen LogP contribution is -2.35. The summed E-state index contributed by atoms with van der Waals surface area (Å²) >= 11 is 0. The monoisotopic (exact) mass is 393 g/mol. The van der Waals surface area contributed by atoms with E-state index in [-0.39, 0.29) is 16.8 Å². The summed E-state index contributed by atoms with van der Waals surface area (Å²) in [5, 5.41) is 0.736. The molecule has 0 fully saturated rings. The van der Waals surface area contributed by atoms with E-state index in [1.807, 2.05) is 0 Å². The average molecular weight is 393 g/mol. The average Bonchev–Trinajstić information content (AvgIpc) is 2.34. The fourth-order valence-corrected chi connectivity index (χ4v) is 5.68. The van der Waals surface area contributed by atoms with E-state index in [0.717, 1.165) is 18.8 Å². The van der Waals surface area contributed by atoms with Crippen LogP contribution in [0.5, 0.6) is 5.75 Å². The van der Waals surface area contributed by atoms with Gasteiger partial charge in [-0.25, -0.2) is 16.8 Å². The molecule has 0 spiro atoms. The lowest BCUT2D eigenvalue weighted by molar-refractivity contribution is 0.493. The zero-order valence-electron chi connectivity index (χ0n) is 13.0. The van der Waals surface area contributed by atoms with Gasteiger partial charge in [-0.1, -0.05) is 18.2 Å². The van der Waals surface area contributed by atoms with Crippen molar-refractivity contribution in [1.82, 2.24) is 0 Å². The Balaban J connectivity index is 2.81. The van der Waals surface area contributed by atoms with Crippen LogP contribution < -0.4 is 7.89 Å². The second-order valence-electron chi connectivity index (χ2n) is 5.17. The minimum Gasteiger partial charge on any atom is -0.383 e. The Kier molecular flexibility index (Phi) is 4.55. The summed E-state index contributed by atoms with van der Waals surface area (Å²) in [6.07, 6.45) is 2.40. The third-order valence-corrected chi connectivity index (χ3v) is 6.60. The molecule has 2 aromatic rings. The van der Waals surface area contributed by atoms with Gasteiger partial charge in [-0.3, -0.25) is 0 Å². The van der Waals surface area contributed by atoms with Crippen LogP contribution in [0.2, 0.25) is 0 Å². The van der Waals surface area contributed by atoms with Crippen LogP contribution in [-0.4, -0.2) is 44.0 Å². The van der Waals surface area contributed by atoms with Crippen molar-refractivity contribution in [2.45, 2.75) is 0 Å². The van der Waals surface area contributed by atoms with Crippen LogP contribution in [0, 0.1) is 0 Å². The summed E-state index contributed by atoms with van der Waals surface area (Å²) in [4.78, 5) is 0. The number of benzene rings is 2. The Morgan fingerprint density at radius 2 is 1.42 bits per heavy atom. The minimum absolute atomic E-state index is 0.0561. The summed E-state index contributed by atoms with van der Waals surface area (Å²) in [6.45, 7) is 0. The van der Waals surface area contributed by atoms with Crippen molar-refractivity contribution >= 4 is 46.6 Å². The number of hydrogen-bond donors (Lipinski definition) is 0. The van der Waals surface area contributed by atoms with E-state index in [2.05, 4.69) is 0 Å². The maximum absolute atomic E-state index is 12.0. The number of anilines is 1. The van der Waals surface area contributed by atoms with Crippen LogP contribution in [0.1, 0.15) is 0 Å². The smallest absolute Gasteiger partial charge is 0.306 e. The normalized spacial score (nSPS) is 13.0. The standard InChI is InChI=1S/C13H15NO7S3/c1-22(15,16)14(23(2,17)18)13-6-4-5-10-7-8-11(9-12(10)13)21-24(3,19)20/h4-9H,1-3H3. The van der Waals surface area contributed by atoms with Gasteiger partial charge in [-0.15, -0.1) is 0 Å². The van der Waals surface area contributed by atoms with Crippen LogP contribution in [0.3, 0.4) is 0 Å². The lowest BCUT2D eigenvalue weighted by Gasteiger charge is -2.21. The predicted molar refractivity (Wildman–Crippen MR) is 91.6 cm³/mol. The van der Waals surface area contributed by atoms with Gasteiger partial charge in [0.05, 0.1) is 24.5 Å². The fourth-order valence-electron chi connectivity index (χ4n) is 2.22. The van der Waals surface area contributed by atoms with Gasteiger partial charge < -0.3 is 4.18 Å². The van der Waals surface area contributed by atoms with E-state index >= 15 is 0 Å². The first-order valence-electron chi connectivity index (χ1n) is 6.42. The number of rotatable bonds is 5. The molecule has 0 bridgehead atoms. The third kappa shape index (κ3) is 4.16. The van der Waals surface area contributed by atoms with Gasteiger partial charge in [0.15, 0.2) is 0 Å². The lowest BCUT2D eigenvalue weighted by atomic mass is 10.1. The number of hydrogen-bond acceptors (Lipinski definition) is 7. The summed E-state index contributed by atoms with van der Waals surface area (Å²) in [7, 11) is -12.0. The van der Waals surface area contributed by atoms with Crippen molar-refractivity contribution in [2.24, 2.45) is 0 Å². The molecule has 0 aromatic heterocycles. The first-order valence-corrected chi connectivity index (χ1v) is 11.9. The molecule has 0 amide bonds. The van der Waals surface area contributed by atoms with Gasteiger partial charge in [-0.05, 0) is 23.6 Å². The molecule has 8 nitrogen and oxygen atoms in total. The third-order valence-electron chi connectivity index (χ3n) is 2.88. The Hall–Kier alpha value is -1.85. The molecule has 2 aromatic carbocycles. The van der Waals surface area contributed by atoms with Gasteiger partial charge in [0.1, 0.15) is 5.75 Å². The molecule has 0 saturated carbocycles. The molecule has 2 rings (SSSR count). The highest BCUT2D eigenvalue weighted by atomic mass is 32.3. The molecule has 0 unspecified atom stereocenters. The highest BCUT2D eigenvalue weighted by molar-refractivity contribution is 8.09. The van der Waals surface area contributed by atoms with Crippen LogP contribution in [0.4, 0.5) is 5.69 Å². The fraction of sp³-hybridized carbons (Fsp3) is 0.231. The molecule has 0 N–H and O–H groups in total. The van der Waals surface area contributed by atoms with E-state index < -0.39 is 30.2 Å². The highest BCUT2D eigenvalue weighted by Gasteiger charge is 2.28. The summed E-state index contributed by atoms with van der Waals surface area (Å²) in [5.74, 6) is -0.0561. The van der Waals surface area contributed by atoms with E-state index in [9.17, 15) is 25.3 Å². The molecule has 24 heavy (non-hydrogen) atoms. The Morgan fingerprint density at radius 3 is 1.92 bits per heavy atom. The van der Waals surface area contributed by atoms with Crippen LogP contribution in [0.25, 0.3) is 10.8 Å². The van der Waals surface area contributed by atoms with Crippen molar-refractivity contribution in [1.29, 1.82) is 0 Å². The number of nitrogens with zero attached hydrogens (tertiary/aromatic N) is 1. The van der Waals surface area contributed by atoms with Crippen molar-refractivity contribution in [3.8, 4) is 5.75 Å². The first kappa shape index (κ1) is 18.5. The predicted octanol–water partition coefficient (Wildman–Crippen LogP) is 0.904. The van der Waals surface area contributed by atoms with E-state index in [1.165, 1.54) is 30.3 Å². The van der Waals surface area contributed by atoms with Crippen molar-refractivity contribution in [3.63, 3.8) is 0 Å². The van der Waals surface area contributed by atoms with Crippen LogP contribution in [-0.2, 0) is 30.2 Å². The van der Waals surface area contributed by atoms with E-state index in [4.69, 9.17) is 4.18 Å². The quantitative estimate of drug-likeness (QED) is 0.693. The molecule has 0 saturated heterocycles. The van der Waals surface area contributed by atoms with Crippen LogP contribution in [0.15, 0.2) is 36.4 Å². The topological polar surface area (TPSA) is 115 Å². The molecular weight excluding hydrogens is 378 g/mol. The summed E-state index contributed by atoms with van der Waals surface area (Å²) in [5.41, 5.74) is -0.114. The summed E-state index contributed by atoms with van der Waals surface area (Å²) in [6, 6.07) is 8.61. The van der Waals surface area contributed by atoms with Crippen molar-refractivity contribution in [2.75, 3.05) is 22.5 Å². The first-order chi connectivity index (χ1) is 10.8. The van der Waals surface area contributed by atoms with Crippen molar-refractivity contribution in [3.05, 3.63) is 36.4 Å². The van der Waals surface area contributed by atoms with Crippen molar-refractivity contribution < 1.29 is 29.4 Å². The molecule has 0 aliphatic carbocycles. The van der Waals surface area contributed by atoms with E-state index in [0.29, 0.717) is 9.10 Å². The molecule has 132 valence electrons. The summed E-state index contributed by atoms with van der Waals surface area (Å²) < 4.78 is 75.4. The largest absolute Gasteiger partial charge is 0.383 e. The molecule has 0 aliphatic rings. The minimum atomic E-state index is -4.13. The number of fused-ring (bicyclic) bond motifs is 1. The van der Waals surface area contributed by atoms with Gasteiger partial charge in [0, 0.05) is 5.39 Å². The Morgan fingerprint density at radius 1 is 0.833 bits per heavy atom. The molecule has 0 heterocycles. The van der Waals surface area contributed by atoms with Gasteiger partial charge in [0.2, 0.25) is 20.0 Å². The SMILES string of the molecule is CS(=O)(=O)Oc1ccc2cccc(N(S(C)(=O)=O)S(C)(=O)=O)c2c1. The maximum Gasteiger partial charge on any atom is 0.306 e. The number of sulfonamides is 2. The van der Waals surface area contributed by atoms with Gasteiger partial charge in [-0.2, -0.15) is 12.1 Å². The highest BCUT2D eigenvalue weighted by Crippen LogP contribution is 2.33. The Labute approximate surface area is 140 Å². The second kappa shape index (κ2) is 5.90. The molecule has 0 aliphatic heterocycles. The molecule has 0 atom stereocenters. The van der Waals surface area contributed by atoms with Gasteiger partial charge in [0.25, 0.3) is 0 Å². The van der Waals surface area contributed by atoms with E-state index in [1.54, 1.807) is 6.07 Å². The zero-order valence-corrected chi connectivity index (χ0v) is 15.4. The second-order valence-corrected chi connectivity index (χ2v) is 10.6. The molecule has 0 radical (unpaired) electrons.